The molecular weight excluding hydrogens is 407 g/mol. The second kappa shape index (κ2) is 11.6. The molecule has 2 aromatic carbocycles. The Hall–Kier alpha value is -2.51. The highest BCUT2D eigenvalue weighted by Gasteiger charge is 2.25. The van der Waals surface area contributed by atoms with E-state index in [1.54, 1.807) is 6.92 Å². The molecule has 0 fully saturated rings. The van der Waals surface area contributed by atoms with Crippen molar-refractivity contribution in [1.29, 1.82) is 0 Å². The standard InChI is InChI=1S/C22H25F5O3/c1-3-5-6-11-29-18-9-10-19(22(27)21(18)26)30-13-16(24)20(25)14-7-8-17(28-4-2)15(23)12-14/h7-10,12,16,20H,3-6,11,13H2,1-2H3. The van der Waals surface area contributed by atoms with Gasteiger partial charge in [0.1, 0.15) is 6.61 Å². The molecule has 0 amide bonds. The minimum atomic E-state index is -2.23. The van der Waals surface area contributed by atoms with Crippen LogP contribution in [0.4, 0.5) is 22.0 Å². The number of alkyl halides is 2. The fourth-order valence-corrected chi connectivity index (χ4v) is 2.70. The maximum Gasteiger partial charge on any atom is 0.204 e. The first-order valence-corrected chi connectivity index (χ1v) is 9.82. The van der Waals surface area contributed by atoms with Gasteiger partial charge in [-0.3, -0.25) is 0 Å². The normalized spacial score (nSPS) is 13.0. The molecule has 0 bridgehead atoms. The van der Waals surface area contributed by atoms with Crippen LogP contribution in [0.5, 0.6) is 17.2 Å². The summed E-state index contributed by atoms with van der Waals surface area (Å²) in [6.07, 6.45) is -1.90. The summed E-state index contributed by atoms with van der Waals surface area (Å²) in [5.41, 5.74) is -0.255. The molecule has 166 valence electrons. The molecule has 0 aliphatic carbocycles. The summed E-state index contributed by atoms with van der Waals surface area (Å²) in [6, 6.07) is 5.47. The minimum absolute atomic E-state index is 0.0744. The minimum Gasteiger partial charge on any atom is -0.491 e. The van der Waals surface area contributed by atoms with E-state index in [-0.39, 0.29) is 30.3 Å². The lowest BCUT2D eigenvalue weighted by atomic mass is 10.1. The zero-order chi connectivity index (χ0) is 22.1. The molecule has 0 aliphatic rings. The van der Waals surface area contributed by atoms with Gasteiger partial charge >= 0.3 is 0 Å². The Morgan fingerprint density at radius 2 is 1.43 bits per heavy atom. The molecule has 0 saturated carbocycles. The molecule has 0 heterocycles. The topological polar surface area (TPSA) is 27.7 Å². The molecule has 2 rings (SSSR count). The average Bonchev–Trinajstić information content (AvgIpc) is 2.74. The van der Waals surface area contributed by atoms with Gasteiger partial charge in [-0.2, -0.15) is 8.78 Å². The predicted octanol–water partition coefficient (Wildman–Crippen LogP) is 6.50. The van der Waals surface area contributed by atoms with Crippen molar-refractivity contribution in [3.05, 3.63) is 53.3 Å². The van der Waals surface area contributed by atoms with Crippen LogP contribution in [0.3, 0.4) is 0 Å². The number of hydrogen-bond acceptors (Lipinski definition) is 3. The van der Waals surface area contributed by atoms with Crippen LogP contribution in [0.1, 0.15) is 44.8 Å². The third kappa shape index (κ3) is 6.24. The van der Waals surface area contributed by atoms with Crippen molar-refractivity contribution in [3.63, 3.8) is 0 Å². The monoisotopic (exact) mass is 432 g/mol. The fourth-order valence-electron chi connectivity index (χ4n) is 2.70. The van der Waals surface area contributed by atoms with Gasteiger partial charge in [0.05, 0.1) is 13.2 Å². The fraction of sp³-hybridized carbons (Fsp3) is 0.455. The Bertz CT molecular complexity index is 816. The van der Waals surface area contributed by atoms with E-state index in [0.717, 1.165) is 25.0 Å². The lowest BCUT2D eigenvalue weighted by Gasteiger charge is -2.16. The van der Waals surface area contributed by atoms with Crippen molar-refractivity contribution in [3.8, 4) is 17.2 Å². The Labute approximate surface area is 172 Å². The molecule has 0 saturated heterocycles. The smallest absolute Gasteiger partial charge is 0.204 e. The quantitative estimate of drug-likeness (QED) is 0.283. The van der Waals surface area contributed by atoms with Crippen LogP contribution >= 0.6 is 0 Å². The van der Waals surface area contributed by atoms with Crippen molar-refractivity contribution < 1.29 is 36.2 Å². The highest BCUT2D eigenvalue weighted by atomic mass is 19.2. The lowest BCUT2D eigenvalue weighted by molar-refractivity contribution is 0.106. The molecule has 0 spiro atoms. The van der Waals surface area contributed by atoms with E-state index >= 15 is 0 Å². The molecule has 0 aliphatic heterocycles. The Balaban J connectivity index is 1.97. The van der Waals surface area contributed by atoms with Gasteiger partial charge < -0.3 is 14.2 Å². The third-order valence-electron chi connectivity index (χ3n) is 4.31. The van der Waals surface area contributed by atoms with Crippen LogP contribution in [0, 0.1) is 17.5 Å². The van der Waals surface area contributed by atoms with Crippen LogP contribution in [-0.4, -0.2) is 26.0 Å². The molecule has 2 atom stereocenters. The summed E-state index contributed by atoms with van der Waals surface area (Å²) in [6.45, 7) is 3.23. The zero-order valence-electron chi connectivity index (χ0n) is 16.9. The van der Waals surface area contributed by atoms with Gasteiger partial charge in [0.25, 0.3) is 0 Å². The summed E-state index contributed by atoms with van der Waals surface area (Å²) in [7, 11) is 0. The zero-order valence-corrected chi connectivity index (χ0v) is 16.9. The van der Waals surface area contributed by atoms with E-state index in [2.05, 4.69) is 0 Å². The van der Waals surface area contributed by atoms with Crippen molar-refractivity contribution >= 4 is 0 Å². The summed E-state index contributed by atoms with van der Waals surface area (Å²) in [5, 5.41) is 0. The second-order valence-electron chi connectivity index (χ2n) is 6.60. The maximum atomic E-state index is 14.3. The van der Waals surface area contributed by atoms with E-state index < -0.39 is 42.2 Å². The molecule has 0 radical (unpaired) electrons. The van der Waals surface area contributed by atoms with Crippen molar-refractivity contribution in [2.24, 2.45) is 0 Å². The second-order valence-corrected chi connectivity index (χ2v) is 6.60. The number of benzene rings is 2. The lowest BCUT2D eigenvalue weighted by Crippen LogP contribution is -2.19. The van der Waals surface area contributed by atoms with Gasteiger partial charge in [-0.05, 0) is 43.2 Å². The molecule has 2 aromatic rings. The van der Waals surface area contributed by atoms with Gasteiger partial charge in [-0.25, -0.2) is 13.2 Å². The molecule has 30 heavy (non-hydrogen) atoms. The van der Waals surface area contributed by atoms with Crippen LogP contribution in [0.25, 0.3) is 0 Å². The number of hydrogen-bond donors (Lipinski definition) is 0. The summed E-state index contributed by atoms with van der Waals surface area (Å²) in [4.78, 5) is 0. The van der Waals surface area contributed by atoms with E-state index in [9.17, 15) is 22.0 Å². The molecule has 8 heteroatoms. The Morgan fingerprint density at radius 1 is 0.800 bits per heavy atom. The molecule has 0 N–H and O–H groups in total. The highest BCUT2D eigenvalue weighted by molar-refractivity contribution is 5.35. The van der Waals surface area contributed by atoms with E-state index in [1.165, 1.54) is 18.2 Å². The molecular formula is C22H25F5O3. The van der Waals surface area contributed by atoms with E-state index in [1.807, 2.05) is 6.92 Å². The van der Waals surface area contributed by atoms with Crippen LogP contribution in [0.15, 0.2) is 30.3 Å². The molecule has 0 aromatic heterocycles. The van der Waals surface area contributed by atoms with Crippen molar-refractivity contribution in [2.75, 3.05) is 19.8 Å². The predicted molar refractivity (Wildman–Crippen MR) is 103 cm³/mol. The average molecular weight is 432 g/mol. The number of rotatable bonds is 12. The first kappa shape index (κ1) is 23.8. The van der Waals surface area contributed by atoms with E-state index in [0.29, 0.717) is 6.42 Å². The van der Waals surface area contributed by atoms with Crippen LogP contribution < -0.4 is 14.2 Å². The number of unbranched alkanes of at least 4 members (excludes halogenated alkanes) is 2. The first-order chi connectivity index (χ1) is 14.4. The largest absolute Gasteiger partial charge is 0.491 e. The number of ether oxygens (including phenoxy) is 3. The van der Waals surface area contributed by atoms with Crippen molar-refractivity contribution in [2.45, 2.75) is 45.5 Å². The molecule has 3 nitrogen and oxygen atoms in total. The Morgan fingerprint density at radius 3 is 2.03 bits per heavy atom. The van der Waals surface area contributed by atoms with Crippen molar-refractivity contribution in [1.82, 2.24) is 0 Å². The van der Waals surface area contributed by atoms with Gasteiger partial charge in [-0.1, -0.05) is 25.8 Å². The first-order valence-electron chi connectivity index (χ1n) is 9.82. The van der Waals surface area contributed by atoms with Crippen LogP contribution in [0.2, 0.25) is 0 Å². The van der Waals surface area contributed by atoms with Gasteiger partial charge in [0, 0.05) is 0 Å². The van der Waals surface area contributed by atoms with Gasteiger partial charge in [0.15, 0.2) is 35.4 Å². The SMILES string of the molecule is CCCCCOc1ccc(OCC(F)C(F)c2ccc(OCC)c(F)c2)c(F)c1F. The summed E-state index contributed by atoms with van der Waals surface area (Å²) < 4.78 is 85.6. The van der Waals surface area contributed by atoms with Gasteiger partial charge in [0.2, 0.25) is 11.6 Å². The summed E-state index contributed by atoms with van der Waals surface area (Å²) in [5.74, 6) is -4.35. The number of halogens is 5. The third-order valence-corrected chi connectivity index (χ3v) is 4.31. The summed E-state index contributed by atoms with van der Waals surface area (Å²) >= 11 is 0. The maximum absolute atomic E-state index is 14.3. The van der Waals surface area contributed by atoms with Crippen LogP contribution in [-0.2, 0) is 0 Å². The Kier molecular flexibility index (Phi) is 9.20. The van der Waals surface area contributed by atoms with Gasteiger partial charge in [-0.15, -0.1) is 0 Å². The highest BCUT2D eigenvalue weighted by Crippen LogP contribution is 2.31. The van der Waals surface area contributed by atoms with E-state index in [4.69, 9.17) is 14.2 Å². The molecule has 2 unspecified atom stereocenters.